The van der Waals surface area contributed by atoms with Crippen LogP contribution in [0.3, 0.4) is 0 Å². The van der Waals surface area contributed by atoms with Crippen LogP contribution >= 0.6 is 0 Å². The van der Waals surface area contributed by atoms with Crippen molar-refractivity contribution >= 4 is 0 Å². The van der Waals surface area contributed by atoms with Gasteiger partial charge >= 0.3 is 0 Å². The average molecular weight is 160 g/mol. The first kappa shape index (κ1) is 8.97. The summed E-state index contributed by atoms with van der Waals surface area (Å²) < 4.78 is 0. The number of aliphatic hydroxyl groups excluding tert-OH is 1. The van der Waals surface area contributed by atoms with E-state index in [9.17, 15) is 5.11 Å². The summed E-state index contributed by atoms with van der Waals surface area (Å²) in [7, 11) is 0. The van der Waals surface area contributed by atoms with Crippen LogP contribution in [0, 0.1) is 0 Å². The van der Waals surface area contributed by atoms with Crippen LogP contribution < -0.4 is 10.6 Å². The lowest BCUT2D eigenvalue weighted by Gasteiger charge is -2.26. The lowest BCUT2D eigenvalue weighted by atomic mass is 10.1. The molecule has 66 valence electrons. The molecule has 0 spiro atoms. The molecule has 0 aromatic rings. The molecule has 3 nitrogen and oxygen atoms in total. The molecule has 1 unspecified atom stereocenters. The Hall–Kier alpha value is -0.120. The first-order chi connectivity index (χ1) is 5.33. The number of rotatable bonds is 3. The van der Waals surface area contributed by atoms with Crippen molar-refractivity contribution in [3.63, 3.8) is 0 Å². The van der Waals surface area contributed by atoms with Crippen molar-refractivity contribution in [1.82, 2.24) is 0 Å². The van der Waals surface area contributed by atoms with Crippen LogP contribution in [0.4, 0.5) is 0 Å². The Morgan fingerprint density at radius 2 is 2.36 bits per heavy atom. The van der Waals surface area contributed by atoms with Gasteiger partial charge in [0.15, 0.2) is 0 Å². The van der Waals surface area contributed by atoms with Gasteiger partial charge in [-0.2, -0.15) is 0 Å². The average Bonchev–Trinajstić information content (AvgIpc) is 2.01. The molecular weight excluding hydrogens is 140 g/mol. The van der Waals surface area contributed by atoms with E-state index in [1.807, 2.05) is 0 Å². The zero-order valence-corrected chi connectivity index (χ0v) is 7.18. The summed E-state index contributed by atoms with van der Waals surface area (Å²) in [5.41, 5.74) is 3.81. The van der Waals surface area contributed by atoms with Gasteiger partial charge in [-0.25, -0.2) is 0 Å². The second-order valence-corrected chi connectivity index (χ2v) is 3.46. The number of nitrogens with one attached hydrogen (secondary N) is 1. The van der Waals surface area contributed by atoms with Crippen LogP contribution in [0.5, 0.6) is 0 Å². The van der Waals surface area contributed by atoms with Crippen molar-refractivity contribution in [2.24, 2.45) is 0 Å². The standard InChI is InChI=1S/C8H18N2O/c9-4-2-6-10-5-1-3-8(11)7-10/h8,11H,1-7,9H2/p+2/t8-/m1/s1. The van der Waals surface area contributed by atoms with Crippen molar-refractivity contribution in [3.05, 3.63) is 0 Å². The van der Waals surface area contributed by atoms with Crippen LogP contribution in [0.1, 0.15) is 19.3 Å². The van der Waals surface area contributed by atoms with Crippen molar-refractivity contribution in [3.8, 4) is 0 Å². The van der Waals surface area contributed by atoms with Crippen molar-refractivity contribution in [1.29, 1.82) is 0 Å². The number of aliphatic hydroxyl groups is 1. The topological polar surface area (TPSA) is 52.3 Å². The van der Waals surface area contributed by atoms with E-state index in [-0.39, 0.29) is 6.10 Å². The third-order valence-electron chi connectivity index (χ3n) is 2.37. The van der Waals surface area contributed by atoms with Crippen molar-refractivity contribution in [2.45, 2.75) is 25.4 Å². The minimum atomic E-state index is -0.0384. The Morgan fingerprint density at radius 1 is 1.55 bits per heavy atom. The van der Waals surface area contributed by atoms with E-state index in [2.05, 4.69) is 5.73 Å². The fourth-order valence-electron chi connectivity index (χ4n) is 1.73. The van der Waals surface area contributed by atoms with E-state index in [0.29, 0.717) is 0 Å². The molecule has 1 fully saturated rings. The van der Waals surface area contributed by atoms with Gasteiger partial charge in [-0.1, -0.05) is 0 Å². The Labute approximate surface area is 68.2 Å². The Balaban J connectivity index is 2.12. The van der Waals surface area contributed by atoms with Crippen LogP contribution in [-0.2, 0) is 0 Å². The van der Waals surface area contributed by atoms with E-state index in [4.69, 9.17) is 0 Å². The second kappa shape index (κ2) is 4.70. The molecule has 1 aliphatic rings. The zero-order valence-electron chi connectivity index (χ0n) is 7.18. The van der Waals surface area contributed by atoms with Crippen LogP contribution in [-0.4, -0.2) is 37.4 Å². The summed E-state index contributed by atoms with van der Waals surface area (Å²) in [6.45, 7) is 4.43. The molecule has 0 aromatic heterocycles. The summed E-state index contributed by atoms with van der Waals surface area (Å²) >= 11 is 0. The molecule has 1 saturated heterocycles. The minimum Gasteiger partial charge on any atom is -0.387 e. The molecule has 0 amide bonds. The second-order valence-electron chi connectivity index (χ2n) is 3.46. The molecule has 0 bridgehead atoms. The molecule has 0 saturated carbocycles. The van der Waals surface area contributed by atoms with Crippen LogP contribution in [0.2, 0.25) is 0 Å². The number of hydrogen-bond donors (Lipinski definition) is 3. The molecule has 0 aromatic carbocycles. The highest BCUT2D eigenvalue weighted by atomic mass is 16.3. The first-order valence-corrected chi connectivity index (χ1v) is 4.64. The van der Waals surface area contributed by atoms with Gasteiger partial charge in [-0.15, -0.1) is 0 Å². The van der Waals surface area contributed by atoms with Crippen LogP contribution in [0.15, 0.2) is 0 Å². The molecule has 3 heteroatoms. The molecule has 2 atom stereocenters. The minimum absolute atomic E-state index is 0.0384. The van der Waals surface area contributed by atoms with Crippen molar-refractivity contribution < 1.29 is 15.7 Å². The van der Waals surface area contributed by atoms with E-state index in [1.54, 1.807) is 4.90 Å². The SMILES string of the molecule is [NH3+]CCC[NH+]1CCC[C@@H](O)C1. The number of likely N-dealkylation sites (tertiary alicyclic amines) is 1. The smallest absolute Gasteiger partial charge is 0.103 e. The predicted molar refractivity (Wildman–Crippen MR) is 43.2 cm³/mol. The highest BCUT2D eigenvalue weighted by molar-refractivity contribution is 4.57. The van der Waals surface area contributed by atoms with E-state index in [1.165, 1.54) is 25.9 Å². The maximum Gasteiger partial charge on any atom is 0.103 e. The number of piperidine rings is 1. The molecule has 11 heavy (non-hydrogen) atoms. The molecule has 0 aliphatic carbocycles. The van der Waals surface area contributed by atoms with E-state index in [0.717, 1.165) is 19.5 Å². The molecule has 0 radical (unpaired) electrons. The highest BCUT2D eigenvalue weighted by Crippen LogP contribution is 1.96. The number of quaternary nitrogens is 2. The maximum atomic E-state index is 9.34. The fourth-order valence-corrected chi connectivity index (χ4v) is 1.73. The number of hydrogen-bond acceptors (Lipinski definition) is 1. The Kier molecular flexibility index (Phi) is 3.83. The zero-order chi connectivity index (χ0) is 8.10. The van der Waals surface area contributed by atoms with Crippen LogP contribution in [0.25, 0.3) is 0 Å². The molecule has 5 N–H and O–H groups in total. The fraction of sp³-hybridized carbons (Fsp3) is 1.00. The quantitative estimate of drug-likeness (QED) is 0.426. The lowest BCUT2D eigenvalue weighted by Crippen LogP contribution is -3.14. The van der Waals surface area contributed by atoms with Gasteiger partial charge < -0.3 is 15.7 Å². The van der Waals surface area contributed by atoms with Gasteiger partial charge in [0.25, 0.3) is 0 Å². The molecule has 1 rings (SSSR count). The monoisotopic (exact) mass is 160 g/mol. The van der Waals surface area contributed by atoms with Gasteiger partial charge in [-0.05, 0) is 12.8 Å². The Morgan fingerprint density at radius 3 is 3.00 bits per heavy atom. The normalized spacial score (nSPS) is 32.2. The third-order valence-corrected chi connectivity index (χ3v) is 2.37. The van der Waals surface area contributed by atoms with E-state index < -0.39 is 0 Å². The summed E-state index contributed by atoms with van der Waals surface area (Å²) in [6.07, 6.45) is 3.35. The summed E-state index contributed by atoms with van der Waals surface area (Å²) in [4.78, 5) is 1.56. The maximum absolute atomic E-state index is 9.34. The molecule has 1 heterocycles. The van der Waals surface area contributed by atoms with Gasteiger partial charge in [-0.3, -0.25) is 0 Å². The Bertz CT molecular complexity index is 108. The van der Waals surface area contributed by atoms with Crippen molar-refractivity contribution in [2.75, 3.05) is 26.2 Å². The van der Waals surface area contributed by atoms with E-state index >= 15 is 0 Å². The summed E-state index contributed by atoms with van der Waals surface area (Å²) in [5.74, 6) is 0. The highest BCUT2D eigenvalue weighted by Gasteiger charge is 2.19. The van der Waals surface area contributed by atoms with Gasteiger partial charge in [0.05, 0.1) is 19.6 Å². The molecular formula is C8H20N2O+2. The largest absolute Gasteiger partial charge is 0.387 e. The molecule has 1 aliphatic heterocycles. The summed E-state index contributed by atoms with van der Waals surface area (Å²) in [6, 6.07) is 0. The first-order valence-electron chi connectivity index (χ1n) is 4.64. The van der Waals surface area contributed by atoms with Gasteiger partial charge in [0, 0.05) is 6.42 Å². The lowest BCUT2D eigenvalue weighted by molar-refractivity contribution is -0.909. The van der Waals surface area contributed by atoms with Gasteiger partial charge in [0.1, 0.15) is 12.6 Å². The van der Waals surface area contributed by atoms with Gasteiger partial charge in [0.2, 0.25) is 0 Å². The third kappa shape index (κ3) is 3.18. The predicted octanol–water partition coefficient (Wildman–Crippen LogP) is -2.34. The summed E-state index contributed by atoms with van der Waals surface area (Å²) in [5, 5.41) is 9.34.